The molecule has 0 aliphatic heterocycles. The van der Waals surface area contributed by atoms with E-state index in [0.29, 0.717) is 23.3 Å². The highest BCUT2D eigenvalue weighted by molar-refractivity contribution is 7.89. The molecule has 0 spiro atoms. The summed E-state index contributed by atoms with van der Waals surface area (Å²) < 4.78 is 26.9. The number of carbonyl (C=O) groups excluding carboxylic acids is 1. The maximum atomic E-state index is 12.5. The van der Waals surface area contributed by atoms with E-state index < -0.39 is 10.0 Å². The van der Waals surface area contributed by atoms with E-state index in [1.165, 1.54) is 17.0 Å². The molecule has 0 saturated heterocycles. The number of rotatable bonds is 8. The van der Waals surface area contributed by atoms with Gasteiger partial charge < -0.3 is 9.88 Å². The lowest BCUT2D eigenvalue weighted by molar-refractivity contribution is -0.131. The standard InChI is InChI=1S/C20H22N4O4S/c1-2-24(14-18-22-17-11-7-6-10-16(17)20(26)23-18)19(25)12-13-21-29(27,28)15-8-4-3-5-9-15/h3-11,21H,2,12-14H2,1H3,(H,22,23,26). The van der Waals surface area contributed by atoms with Crippen molar-refractivity contribution in [2.24, 2.45) is 0 Å². The molecule has 0 aliphatic carbocycles. The van der Waals surface area contributed by atoms with Gasteiger partial charge in [0.25, 0.3) is 5.56 Å². The zero-order valence-corrected chi connectivity index (χ0v) is 16.8. The average molecular weight is 414 g/mol. The minimum absolute atomic E-state index is 0.00226. The summed E-state index contributed by atoms with van der Waals surface area (Å²) in [5.74, 6) is 0.146. The van der Waals surface area contributed by atoms with Crippen LogP contribution in [0.5, 0.6) is 0 Å². The lowest BCUT2D eigenvalue weighted by Crippen LogP contribution is -2.35. The Morgan fingerprint density at radius 2 is 1.79 bits per heavy atom. The van der Waals surface area contributed by atoms with Gasteiger partial charge in [-0.2, -0.15) is 0 Å². The molecule has 0 fully saturated rings. The van der Waals surface area contributed by atoms with E-state index >= 15 is 0 Å². The van der Waals surface area contributed by atoms with Crippen LogP contribution in [0.3, 0.4) is 0 Å². The molecule has 2 aromatic carbocycles. The van der Waals surface area contributed by atoms with Crippen LogP contribution in [0.4, 0.5) is 0 Å². The first kappa shape index (κ1) is 20.7. The van der Waals surface area contributed by atoms with Crippen LogP contribution in [0, 0.1) is 0 Å². The molecule has 0 unspecified atom stereocenters. The molecule has 3 aromatic rings. The van der Waals surface area contributed by atoms with Crippen LogP contribution in [0.25, 0.3) is 10.9 Å². The number of aromatic amines is 1. The van der Waals surface area contributed by atoms with E-state index in [2.05, 4.69) is 14.7 Å². The number of nitrogens with zero attached hydrogens (tertiary/aromatic N) is 2. The Hall–Kier alpha value is -3.04. The second kappa shape index (κ2) is 8.97. The van der Waals surface area contributed by atoms with Gasteiger partial charge in [-0.25, -0.2) is 18.1 Å². The molecule has 0 aliphatic rings. The molecule has 1 amide bonds. The first-order valence-electron chi connectivity index (χ1n) is 9.21. The van der Waals surface area contributed by atoms with Crippen LogP contribution < -0.4 is 10.3 Å². The number of fused-ring (bicyclic) bond motifs is 1. The van der Waals surface area contributed by atoms with Gasteiger partial charge in [0.15, 0.2) is 0 Å². The van der Waals surface area contributed by atoms with Gasteiger partial charge >= 0.3 is 0 Å². The number of carbonyl (C=O) groups is 1. The van der Waals surface area contributed by atoms with Crippen LogP contribution in [0.2, 0.25) is 0 Å². The lowest BCUT2D eigenvalue weighted by Gasteiger charge is -2.20. The van der Waals surface area contributed by atoms with Crippen LogP contribution in [-0.4, -0.2) is 42.3 Å². The predicted molar refractivity (Wildman–Crippen MR) is 110 cm³/mol. The molecule has 2 N–H and O–H groups in total. The minimum Gasteiger partial charge on any atom is -0.335 e. The van der Waals surface area contributed by atoms with Gasteiger partial charge in [-0.3, -0.25) is 9.59 Å². The van der Waals surface area contributed by atoms with Crippen LogP contribution in [0.1, 0.15) is 19.2 Å². The monoisotopic (exact) mass is 414 g/mol. The number of amides is 1. The summed E-state index contributed by atoms with van der Waals surface area (Å²) in [7, 11) is -3.66. The fraction of sp³-hybridized carbons (Fsp3) is 0.250. The molecule has 152 valence electrons. The fourth-order valence-corrected chi connectivity index (χ4v) is 3.95. The van der Waals surface area contributed by atoms with Crippen molar-refractivity contribution in [2.75, 3.05) is 13.1 Å². The summed E-state index contributed by atoms with van der Waals surface area (Å²) in [6.45, 7) is 2.33. The van der Waals surface area contributed by atoms with E-state index in [9.17, 15) is 18.0 Å². The third kappa shape index (κ3) is 5.07. The van der Waals surface area contributed by atoms with Gasteiger partial charge in [0.1, 0.15) is 5.82 Å². The van der Waals surface area contributed by atoms with Crippen LogP contribution in [0.15, 0.2) is 64.3 Å². The number of nitrogens with one attached hydrogen (secondary N) is 2. The Bertz CT molecular complexity index is 1160. The summed E-state index contributed by atoms with van der Waals surface area (Å²) in [6.07, 6.45) is -0.00226. The number of sulfonamides is 1. The molecular weight excluding hydrogens is 392 g/mol. The second-order valence-electron chi connectivity index (χ2n) is 6.40. The highest BCUT2D eigenvalue weighted by Crippen LogP contribution is 2.09. The van der Waals surface area contributed by atoms with E-state index in [4.69, 9.17) is 0 Å². The van der Waals surface area contributed by atoms with Crippen LogP contribution in [-0.2, 0) is 21.4 Å². The quantitative estimate of drug-likeness (QED) is 0.582. The second-order valence-corrected chi connectivity index (χ2v) is 8.17. The number of hydrogen-bond acceptors (Lipinski definition) is 5. The van der Waals surface area contributed by atoms with Crippen molar-refractivity contribution in [3.63, 3.8) is 0 Å². The summed E-state index contributed by atoms with van der Waals surface area (Å²) >= 11 is 0. The number of benzene rings is 2. The molecule has 3 rings (SSSR count). The SMILES string of the molecule is CCN(Cc1nc2ccccc2c(=O)[nH]1)C(=O)CCNS(=O)(=O)c1ccccc1. The highest BCUT2D eigenvalue weighted by Gasteiger charge is 2.17. The molecule has 0 radical (unpaired) electrons. The normalized spacial score (nSPS) is 11.5. The maximum absolute atomic E-state index is 12.5. The first-order valence-corrected chi connectivity index (χ1v) is 10.7. The molecule has 8 nitrogen and oxygen atoms in total. The summed E-state index contributed by atoms with van der Waals surface area (Å²) in [5.41, 5.74) is 0.301. The first-order chi connectivity index (χ1) is 13.9. The van der Waals surface area contributed by atoms with Crippen molar-refractivity contribution < 1.29 is 13.2 Å². The van der Waals surface area contributed by atoms with Crippen molar-refractivity contribution in [1.82, 2.24) is 19.6 Å². The minimum atomic E-state index is -3.66. The number of aromatic nitrogens is 2. The van der Waals surface area contributed by atoms with Gasteiger partial charge in [-0.05, 0) is 31.2 Å². The molecule has 9 heteroatoms. The van der Waals surface area contributed by atoms with Crippen molar-refractivity contribution in [3.8, 4) is 0 Å². The lowest BCUT2D eigenvalue weighted by atomic mass is 10.2. The summed E-state index contributed by atoms with van der Waals surface area (Å²) in [6, 6.07) is 15.0. The summed E-state index contributed by atoms with van der Waals surface area (Å²) in [4.78, 5) is 33.5. The Labute approximate surface area is 168 Å². The van der Waals surface area contributed by atoms with E-state index in [0.717, 1.165) is 0 Å². The molecule has 29 heavy (non-hydrogen) atoms. The van der Waals surface area contributed by atoms with E-state index in [-0.39, 0.29) is 35.9 Å². The highest BCUT2D eigenvalue weighted by atomic mass is 32.2. The Morgan fingerprint density at radius 3 is 2.52 bits per heavy atom. The average Bonchev–Trinajstić information content (AvgIpc) is 2.72. The Balaban J connectivity index is 1.63. The van der Waals surface area contributed by atoms with Crippen molar-refractivity contribution in [2.45, 2.75) is 24.8 Å². The van der Waals surface area contributed by atoms with E-state index in [1.807, 2.05) is 6.92 Å². The molecule has 1 heterocycles. The molecule has 1 aromatic heterocycles. The zero-order valence-electron chi connectivity index (χ0n) is 16.0. The molecule has 0 bridgehead atoms. The Morgan fingerprint density at radius 1 is 1.10 bits per heavy atom. The van der Waals surface area contributed by atoms with Crippen molar-refractivity contribution in [1.29, 1.82) is 0 Å². The van der Waals surface area contributed by atoms with Crippen LogP contribution >= 0.6 is 0 Å². The number of para-hydroxylation sites is 1. The molecular formula is C20H22N4O4S. The number of hydrogen-bond donors (Lipinski definition) is 2. The predicted octanol–water partition coefficient (Wildman–Crippen LogP) is 1.64. The van der Waals surface area contributed by atoms with Gasteiger partial charge in [-0.1, -0.05) is 30.3 Å². The maximum Gasteiger partial charge on any atom is 0.258 e. The van der Waals surface area contributed by atoms with Crippen molar-refractivity contribution >= 4 is 26.8 Å². The smallest absolute Gasteiger partial charge is 0.258 e. The fourth-order valence-electron chi connectivity index (χ4n) is 2.90. The van der Waals surface area contributed by atoms with Gasteiger partial charge in [0, 0.05) is 19.5 Å². The Kier molecular flexibility index (Phi) is 6.40. The van der Waals surface area contributed by atoms with Crippen molar-refractivity contribution in [3.05, 3.63) is 70.8 Å². The van der Waals surface area contributed by atoms with E-state index in [1.54, 1.807) is 42.5 Å². The zero-order chi connectivity index (χ0) is 20.9. The molecule has 0 atom stereocenters. The topological polar surface area (TPSA) is 112 Å². The largest absolute Gasteiger partial charge is 0.335 e. The number of H-pyrrole nitrogens is 1. The third-order valence-electron chi connectivity index (χ3n) is 4.42. The van der Waals surface area contributed by atoms with Gasteiger partial charge in [-0.15, -0.1) is 0 Å². The molecule has 0 saturated carbocycles. The summed E-state index contributed by atoms with van der Waals surface area (Å²) in [5, 5.41) is 0.487. The van der Waals surface area contributed by atoms with Gasteiger partial charge in [0.05, 0.1) is 22.3 Å². The third-order valence-corrected chi connectivity index (χ3v) is 5.90. The van der Waals surface area contributed by atoms with Gasteiger partial charge in [0.2, 0.25) is 15.9 Å².